The monoisotopic (exact) mass is 171 g/mol. The number of nitrogens with zero attached hydrogens (tertiary/aromatic N) is 1. The van der Waals surface area contributed by atoms with Crippen LogP contribution in [0.5, 0.6) is 0 Å². The van der Waals surface area contributed by atoms with Crippen molar-refractivity contribution >= 4 is 5.97 Å². The Morgan fingerprint density at radius 3 is 2.50 bits per heavy atom. The van der Waals surface area contributed by atoms with E-state index in [0.717, 1.165) is 6.08 Å². The van der Waals surface area contributed by atoms with Crippen LogP contribution in [0.25, 0.3) is 0 Å². The molecule has 0 saturated carbocycles. The molecule has 0 atom stereocenters. The predicted molar refractivity (Wildman–Crippen MR) is 41.9 cm³/mol. The van der Waals surface area contributed by atoms with Gasteiger partial charge in [-0.2, -0.15) is 0 Å². The first kappa shape index (κ1) is 10.3. The smallest absolute Gasteiger partial charge is 0.333 e. The van der Waals surface area contributed by atoms with Crippen LogP contribution in [-0.2, 0) is 9.53 Å². The van der Waals surface area contributed by atoms with E-state index in [0.29, 0.717) is 0 Å². The Kier molecular flexibility index (Phi) is 3.69. The lowest BCUT2D eigenvalue weighted by Crippen LogP contribution is -2.03. The molecule has 0 saturated heterocycles. The Morgan fingerprint density at radius 2 is 2.17 bits per heavy atom. The fraction of sp³-hybridized carbons (Fsp3) is 0.286. The van der Waals surface area contributed by atoms with Crippen molar-refractivity contribution in [3.05, 3.63) is 34.0 Å². The lowest BCUT2D eigenvalue weighted by Gasteiger charge is -1.96. The average molecular weight is 171 g/mol. The molecular formula is C7H9NO4. The van der Waals surface area contributed by atoms with E-state index >= 15 is 0 Å². The fourth-order valence-corrected chi connectivity index (χ4v) is 0.523. The summed E-state index contributed by atoms with van der Waals surface area (Å²) in [4.78, 5) is 20.1. The van der Waals surface area contributed by atoms with E-state index in [4.69, 9.17) is 0 Å². The van der Waals surface area contributed by atoms with Gasteiger partial charge in [-0.25, -0.2) is 4.79 Å². The van der Waals surface area contributed by atoms with Gasteiger partial charge in [0, 0.05) is 11.6 Å². The van der Waals surface area contributed by atoms with Gasteiger partial charge in [0.15, 0.2) is 0 Å². The fourth-order valence-electron chi connectivity index (χ4n) is 0.523. The summed E-state index contributed by atoms with van der Waals surface area (Å²) in [5, 5.41) is 10.1. The summed E-state index contributed by atoms with van der Waals surface area (Å²) >= 11 is 0. The number of carbonyl (C=O) groups is 1. The molecule has 0 rings (SSSR count). The van der Waals surface area contributed by atoms with Gasteiger partial charge < -0.3 is 4.74 Å². The highest BCUT2D eigenvalue weighted by Gasteiger charge is 2.08. The SMILES string of the molecule is C=C(/C=C(\C)C(=O)OC)[N+](=O)[O-]. The predicted octanol–water partition coefficient (Wildman–Crippen LogP) is 0.896. The molecule has 0 aromatic rings. The van der Waals surface area contributed by atoms with Gasteiger partial charge in [0.1, 0.15) is 0 Å². The quantitative estimate of drug-likeness (QED) is 0.208. The lowest BCUT2D eigenvalue weighted by molar-refractivity contribution is -0.418. The second kappa shape index (κ2) is 4.27. The van der Waals surface area contributed by atoms with Crippen molar-refractivity contribution in [2.45, 2.75) is 6.92 Å². The van der Waals surface area contributed by atoms with E-state index in [-0.39, 0.29) is 11.3 Å². The van der Waals surface area contributed by atoms with E-state index in [1.807, 2.05) is 0 Å². The molecule has 0 aliphatic rings. The molecule has 0 aromatic carbocycles. The molecule has 0 aromatic heterocycles. The number of rotatable bonds is 3. The zero-order chi connectivity index (χ0) is 9.72. The van der Waals surface area contributed by atoms with Gasteiger partial charge >= 0.3 is 5.97 Å². The van der Waals surface area contributed by atoms with Crippen molar-refractivity contribution in [3.63, 3.8) is 0 Å². The maximum absolute atomic E-state index is 10.7. The number of hydrogen-bond donors (Lipinski definition) is 0. The molecule has 5 heteroatoms. The average Bonchev–Trinajstić information content (AvgIpc) is 2.02. The number of carbonyl (C=O) groups excluding carboxylic acids is 1. The van der Waals surface area contributed by atoms with Crippen molar-refractivity contribution in [1.82, 2.24) is 0 Å². The molecular weight excluding hydrogens is 162 g/mol. The van der Waals surface area contributed by atoms with Crippen LogP contribution in [0.15, 0.2) is 23.9 Å². The summed E-state index contributed by atoms with van der Waals surface area (Å²) in [6.07, 6.45) is 1.06. The molecule has 0 aliphatic heterocycles. The Morgan fingerprint density at radius 1 is 1.67 bits per heavy atom. The minimum absolute atomic E-state index is 0.152. The molecule has 0 amide bonds. The highest BCUT2D eigenvalue weighted by atomic mass is 16.6. The zero-order valence-electron chi connectivity index (χ0n) is 6.86. The first-order chi connectivity index (χ1) is 5.49. The maximum Gasteiger partial charge on any atom is 0.333 e. The minimum Gasteiger partial charge on any atom is -0.466 e. The number of allylic oxidation sites excluding steroid dienone is 1. The van der Waals surface area contributed by atoms with E-state index in [9.17, 15) is 14.9 Å². The number of esters is 1. The van der Waals surface area contributed by atoms with Crippen LogP contribution in [0, 0.1) is 10.1 Å². The van der Waals surface area contributed by atoms with Crippen LogP contribution < -0.4 is 0 Å². The second-order valence-electron chi connectivity index (χ2n) is 2.07. The minimum atomic E-state index is -0.674. The van der Waals surface area contributed by atoms with Crippen molar-refractivity contribution in [2.24, 2.45) is 0 Å². The molecule has 5 nitrogen and oxygen atoms in total. The van der Waals surface area contributed by atoms with Crippen molar-refractivity contribution in [3.8, 4) is 0 Å². The maximum atomic E-state index is 10.7. The molecule has 0 spiro atoms. The van der Waals surface area contributed by atoms with Crippen LogP contribution in [0.1, 0.15) is 6.92 Å². The summed E-state index contributed by atoms with van der Waals surface area (Å²) in [5.41, 5.74) is -0.183. The van der Waals surface area contributed by atoms with Crippen LogP contribution in [0.2, 0.25) is 0 Å². The molecule has 0 radical (unpaired) electrons. The summed E-state index contributed by atoms with van der Waals surface area (Å²) in [6, 6.07) is 0. The van der Waals surface area contributed by atoms with E-state index in [1.54, 1.807) is 0 Å². The second-order valence-corrected chi connectivity index (χ2v) is 2.07. The molecule has 0 fully saturated rings. The third-order valence-corrected chi connectivity index (χ3v) is 1.12. The topological polar surface area (TPSA) is 69.4 Å². The largest absolute Gasteiger partial charge is 0.466 e. The van der Waals surface area contributed by atoms with Gasteiger partial charge in [0.25, 0.3) is 5.70 Å². The van der Waals surface area contributed by atoms with Crippen LogP contribution >= 0.6 is 0 Å². The number of hydrogen-bond acceptors (Lipinski definition) is 4. The van der Waals surface area contributed by atoms with Gasteiger partial charge in [0.2, 0.25) is 0 Å². The Hall–Kier alpha value is -1.65. The van der Waals surface area contributed by atoms with Gasteiger partial charge in [-0.05, 0) is 13.5 Å². The van der Waals surface area contributed by atoms with Crippen LogP contribution in [0.4, 0.5) is 0 Å². The summed E-state index contributed by atoms with van der Waals surface area (Å²) in [7, 11) is 1.20. The summed E-state index contributed by atoms with van der Waals surface area (Å²) in [6.45, 7) is 4.54. The summed E-state index contributed by atoms with van der Waals surface area (Å²) < 4.78 is 4.32. The van der Waals surface area contributed by atoms with Gasteiger partial charge in [-0.15, -0.1) is 0 Å². The molecule has 12 heavy (non-hydrogen) atoms. The van der Waals surface area contributed by atoms with E-state index in [1.165, 1.54) is 14.0 Å². The molecule has 66 valence electrons. The van der Waals surface area contributed by atoms with E-state index in [2.05, 4.69) is 11.3 Å². The Bertz CT molecular complexity index is 254. The van der Waals surface area contributed by atoms with Gasteiger partial charge in [-0.3, -0.25) is 10.1 Å². The first-order valence-corrected chi connectivity index (χ1v) is 3.09. The standard InChI is InChI=1S/C7H9NO4/c1-5(7(9)12-3)4-6(2)8(10)11/h4H,2H2,1,3H3/b5-4+. The number of ether oxygens (including phenoxy) is 1. The van der Waals surface area contributed by atoms with Gasteiger partial charge in [-0.1, -0.05) is 0 Å². The van der Waals surface area contributed by atoms with E-state index < -0.39 is 10.9 Å². The molecule has 0 bridgehead atoms. The summed E-state index contributed by atoms with van der Waals surface area (Å²) in [5.74, 6) is -0.599. The van der Waals surface area contributed by atoms with Crippen molar-refractivity contribution in [1.29, 1.82) is 0 Å². The first-order valence-electron chi connectivity index (χ1n) is 3.09. The highest BCUT2D eigenvalue weighted by Crippen LogP contribution is 2.01. The Labute approximate surface area is 69.5 Å². The Balaban J connectivity index is 4.46. The number of nitro groups is 1. The molecule has 0 unspecified atom stereocenters. The zero-order valence-corrected chi connectivity index (χ0v) is 6.86. The van der Waals surface area contributed by atoms with Gasteiger partial charge in [0.05, 0.1) is 12.0 Å². The molecule has 0 aliphatic carbocycles. The lowest BCUT2D eigenvalue weighted by atomic mass is 10.2. The third-order valence-electron chi connectivity index (χ3n) is 1.12. The number of methoxy groups -OCH3 is 1. The molecule has 0 heterocycles. The van der Waals surface area contributed by atoms with Crippen molar-refractivity contribution < 1.29 is 14.5 Å². The van der Waals surface area contributed by atoms with Crippen molar-refractivity contribution in [2.75, 3.05) is 7.11 Å². The normalized spacial score (nSPS) is 10.7. The highest BCUT2D eigenvalue weighted by molar-refractivity contribution is 5.88. The molecule has 0 N–H and O–H groups in total. The van der Waals surface area contributed by atoms with Crippen LogP contribution in [0.3, 0.4) is 0 Å². The third kappa shape index (κ3) is 2.96. The van der Waals surface area contributed by atoms with Crippen LogP contribution in [-0.4, -0.2) is 18.0 Å².